The maximum atomic E-state index is 12.9. The lowest BCUT2D eigenvalue weighted by molar-refractivity contribution is -0.140. The van der Waals surface area contributed by atoms with Gasteiger partial charge in [0, 0.05) is 19.2 Å². The Bertz CT molecular complexity index is 961. The molecule has 2 aromatic carbocycles. The highest BCUT2D eigenvalue weighted by Crippen LogP contribution is 2.40. The fraction of sp³-hybridized carbons (Fsp3) is 0.304. The molecule has 1 N–H and O–H groups in total. The number of ketones is 1. The Hall–Kier alpha value is -2.92. The summed E-state index contributed by atoms with van der Waals surface area (Å²) in [5.74, 6) is -1.41. The fourth-order valence-electron chi connectivity index (χ4n) is 3.65. The van der Waals surface area contributed by atoms with Crippen LogP contribution in [-0.4, -0.2) is 42.0 Å². The van der Waals surface area contributed by atoms with Gasteiger partial charge in [-0.1, -0.05) is 42.0 Å². The van der Waals surface area contributed by atoms with Crippen LogP contribution in [-0.2, 0) is 14.3 Å². The average molecular weight is 379 g/mol. The second-order valence-electron chi connectivity index (χ2n) is 7.16. The van der Waals surface area contributed by atoms with E-state index in [-0.39, 0.29) is 17.9 Å². The van der Waals surface area contributed by atoms with Crippen molar-refractivity contribution >= 4 is 17.4 Å². The van der Waals surface area contributed by atoms with Crippen molar-refractivity contribution in [3.8, 4) is 0 Å². The Morgan fingerprint density at radius 1 is 1.07 bits per heavy atom. The molecule has 1 atom stereocenters. The third-order valence-electron chi connectivity index (χ3n) is 5.21. The summed E-state index contributed by atoms with van der Waals surface area (Å²) in [7, 11) is 1.55. The van der Waals surface area contributed by atoms with Crippen molar-refractivity contribution in [2.75, 3.05) is 20.3 Å². The number of benzene rings is 2. The number of methoxy groups -OCH3 is 1. The Kier molecular flexibility index (Phi) is 5.66. The summed E-state index contributed by atoms with van der Waals surface area (Å²) in [5, 5.41) is 11.1. The zero-order valence-electron chi connectivity index (χ0n) is 16.7. The fourth-order valence-corrected chi connectivity index (χ4v) is 3.65. The van der Waals surface area contributed by atoms with Crippen LogP contribution in [0.3, 0.4) is 0 Å². The zero-order chi connectivity index (χ0) is 20.4. The predicted octanol–water partition coefficient (Wildman–Crippen LogP) is 3.68. The van der Waals surface area contributed by atoms with E-state index in [1.165, 1.54) is 4.90 Å². The molecular formula is C23H25NO4. The van der Waals surface area contributed by atoms with E-state index in [9.17, 15) is 14.7 Å². The smallest absolute Gasteiger partial charge is 0.295 e. The van der Waals surface area contributed by atoms with Crippen molar-refractivity contribution in [2.24, 2.45) is 0 Å². The topological polar surface area (TPSA) is 66.8 Å². The monoisotopic (exact) mass is 379 g/mol. The average Bonchev–Trinajstić information content (AvgIpc) is 2.92. The van der Waals surface area contributed by atoms with Gasteiger partial charge < -0.3 is 14.7 Å². The quantitative estimate of drug-likeness (QED) is 0.489. The Balaban J connectivity index is 2.24. The number of likely N-dealkylation sites (tertiary alicyclic amines) is 1. The number of carbonyl (C=O) groups excluding carboxylic acids is 2. The highest BCUT2D eigenvalue weighted by molar-refractivity contribution is 6.46. The van der Waals surface area contributed by atoms with Crippen LogP contribution in [0.15, 0.2) is 48.0 Å². The molecule has 0 spiro atoms. The van der Waals surface area contributed by atoms with Gasteiger partial charge in [-0.3, -0.25) is 9.59 Å². The molecule has 1 aliphatic rings. The lowest BCUT2D eigenvalue weighted by Crippen LogP contribution is -2.33. The van der Waals surface area contributed by atoms with E-state index in [1.807, 2.05) is 63.2 Å². The van der Waals surface area contributed by atoms with Gasteiger partial charge in [-0.15, -0.1) is 0 Å². The summed E-state index contributed by atoms with van der Waals surface area (Å²) < 4.78 is 5.13. The first-order valence-corrected chi connectivity index (χ1v) is 9.27. The van der Waals surface area contributed by atoms with E-state index in [1.54, 1.807) is 7.11 Å². The molecule has 0 saturated carbocycles. The van der Waals surface area contributed by atoms with E-state index in [4.69, 9.17) is 4.74 Å². The number of aliphatic hydroxyl groups excluding tert-OH is 1. The largest absolute Gasteiger partial charge is 0.507 e. The van der Waals surface area contributed by atoms with Crippen molar-refractivity contribution < 1.29 is 19.4 Å². The molecule has 0 aromatic heterocycles. The molecule has 5 nitrogen and oxygen atoms in total. The highest BCUT2D eigenvalue weighted by atomic mass is 16.5. The van der Waals surface area contributed by atoms with Crippen LogP contribution in [0, 0.1) is 20.8 Å². The predicted molar refractivity (Wildman–Crippen MR) is 108 cm³/mol. The summed E-state index contributed by atoms with van der Waals surface area (Å²) in [4.78, 5) is 27.2. The second kappa shape index (κ2) is 7.98. The number of nitrogens with zero attached hydrogens (tertiary/aromatic N) is 1. The Morgan fingerprint density at radius 2 is 1.79 bits per heavy atom. The van der Waals surface area contributed by atoms with Crippen molar-refractivity contribution in [1.29, 1.82) is 0 Å². The minimum Gasteiger partial charge on any atom is -0.507 e. The number of aryl methyl sites for hydroxylation is 3. The molecule has 3 rings (SSSR count). The molecule has 0 aliphatic carbocycles. The number of amides is 1. The molecule has 0 radical (unpaired) electrons. The molecule has 1 aliphatic heterocycles. The second-order valence-corrected chi connectivity index (χ2v) is 7.16. The van der Waals surface area contributed by atoms with Gasteiger partial charge >= 0.3 is 0 Å². The molecule has 1 saturated heterocycles. The van der Waals surface area contributed by atoms with Crippen molar-refractivity contribution in [1.82, 2.24) is 4.90 Å². The van der Waals surface area contributed by atoms with Crippen LogP contribution < -0.4 is 0 Å². The first kappa shape index (κ1) is 19.8. The molecule has 1 unspecified atom stereocenters. The van der Waals surface area contributed by atoms with E-state index >= 15 is 0 Å². The summed E-state index contributed by atoms with van der Waals surface area (Å²) in [6.07, 6.45) is 0. The van der Waals surface area contributed by atoms with Gasteiger partial charge in [-0.2, -0.15) is 0 Å². The third-order valence-corrected chi connectivity index (χ3v) is 5.21. The van der Waals surface area contributed by atoms with Gasteiger partial charge in [0.25, 0.3) is 11.7 Å². The Labute approximate surface area is 165 Å². The van der Waals surface area contributed by atoms with Gasteiger partial charge in [0.05, 0.1) is 18.2 Å². The van der Waals surface area contributed by atoms with Crippen molar-refractivity contribution in [3.05, 3.63) is 75.9 Å². The summed E-state index contributed by atoms with van der Waals surface area (Å²) in [6.45, 7) is 6.30. The maximum Gasteiger partial charge on any atom is 0.295 e. The van der Waals surface area contributed by atoms with E-state index in [0.29, 0.717) is 12.2 Å². The number of carbonyl (C=O) groups is 2. The molecule has 2 aromatic rings. The number of hydrogen-bond donors (Lipinski definition) is 1. The molecule has 28 heavy (non-hydrogen) atoms. The number of aliphatic hydroxyl groups is 1. The normalized spacial score (nSPS) is 18.7. The molecular weight excluding hydrogens is 354 g/mol. The van der Waals surface area contributed by atoms with Gasteiger partial charge in [0.2, 0.25) is 0 Å². The lowest BCUT2D eigenvalue weighted by atomic mass is 9.91. The zero-order valence-corrected chi connectivity index (χ0v) is 16.7. The lowest BCUT2D eigenvalue weighted by Gasteiger charge is -2.26. The van der Waals surface area contributed by atoms with Gasteiger partial charge in [0.1, 0.15) is 5.76 Å². The van der Waals surface area contributed by atoms with Gasteiger partial charge in [0.15, 0.2) is 0 Å². The van der Waals surface area contributed by atoms with E-state index in [0.717, 1.165) is 22.3 Å². The van der Waals surface area contributed by atoms with Crippen LogP contribution >= 0.6 is 0 Å². The number of ether oxygens (including phenoxy) is 1. The minimum atomic E-state index is -0.664. The van der Waals surface area contributed by atoms with Gasteiger partial charge in [-0.05, 0) is 43.5 Å². The standard InChI is InChI=1S/C23H25NO4/c1-14-9-10-16(3)18(13-14)21(25)19-20(17-8-6-5-7-15(17)2)24(11-12-28-4)23(27)22(19)26/h5-10,13,20,25H,11-12H2,1-4H3/b21-19+. The minimum absolute atomic E-state index is 0.129. The molecule has 1 amide bonds. The molecule has 146 valence electrons. The van der Waals surface area contributed by atoms with Crippen LogP contribution in [0.2, 0.25) is 0 Å². The highest BCUT2D eigenvalue weighted by Gasteiger charge is 2.46. The third kappa shape index (κ3) is 3.45. The molecule has 1 heterocycles. The SMILES string of the molecule is COCCN1C(=O)C(=O)/C(=C(/O)c2cc(C)ccc2C)C1c1ccccc1C. The summed E-state index contributed by atoms with van der Waals surface area (Å²) >= 11 is 0. The number of Topliss-reactive ketones (excluding diaryl/α,β-unsaturated/α-hetero) is 1. The summed E-state index contributed by atoms with van der Waals surface area (Å²) in [6, 6.07) is 12.6. The first-order chi connectivity index (χ1) is 13.4. The van der Waals surface area contributed by atoms with Gasteiger partial charge in [-0.25, -0.2) is 0 Å². The molecule has 1 fully saturated rings. The van der Waals surface area contributed by atoms with Crippen molar-refractivity contribution in [2.45, 2.75) is 26.8 Å². The van der Waals surface area contributed by atoms with Crippen LogP contribution in [0.1, 0.15) is 33.9 Å². The van der Waals surface area contributed by atoms with Crippen LogP contribution in [0.5, 0.6) is 0 Å². The van der Waals surface area contributed by atoms with Crippen LogP contribution in [0.25, 0.3) is 5.76 Å². The Morgan fingerprint density at radius 3 is 2.46 bits per heavy atom. The number of rotatable bonds is 5. The molecule has 0 bridgehead atoms. The maximum absolute atomic E-state index is 12.9. The van der Waals surface area contributed by atoms with Crippen molar-refractivity contribution in [3.63, 3.8) is 0 Å². The number of hydrogen-bond acceptors (Lipinski definition) is 4. The van der Waals surface area contributed by atoms with E-state index in [2.05, 4.69) is 0 Å². The summed E-state index contributed by atoms with van der Waals surface area (Å²) in [5.41, 5.74) is 4.28. The van der Waals surface area contributed by atoms with Crippen LogP contribution in [0.4, 0.5) is 0 Å². The van der Waals surface area contributed by atoms with E-state index < -0.39 is 17.7 Å². The first-order valence-electron chi connectivity index (χ1n) is 9.27. The molecule has 5 heteroatoms.